The SMILES string of the molecule is Cc1ccc(Cl)cc1[C@@H]1NC(=O)C[C@H](c2cc(C#C[Si](C)(C)C)ccc2OCC2(C)COC2)[C@@]12C(=O)Nc1cc(Cl)ccc12. The molecular weight excluding hydrogens is 611 g/mol. The molecule has 0 radical (unpaired) electrons. The summed E-state index contributed by atoms with van der Waals surface area (Å²) in [6, 6.07) is 16.2. The van der Waals surface area contributed by atoms with Crippen LogP contribution in [0.1, 0.15) is 53.1 Å². The Hall–Kier alpha value is -3.28. The van der Waals surface area contributed by atoms with Crippen LogP contribution in [0, 0.1) is 23.8 Å². The molecule has 9 heteroatoms. The van der Waals surface area contributed by atoms with Crippen LogP contribution in [-0.4, -0.2) is 39.7 Å². The minimum atomic E-state index is -1.68. The van der Waals surface area contributed by atoms with E-state index in [1.165, 1.54) is 0 Å². The number of carbonyl (C=O) groups is 2. The molecule has 0 aliphatic carbocycles. The van der Waals surface area contributed by atoms with E-state index in [0.29, 0.717) is 41.3 Å². The van der Waals surface area contributed by atoms with E-state index < -0.39 is 25.4 Å². The lowest BCUT2D eigenvalue weighted by Crippen LogP contribution is -2.57. The zero-order chi connectivity index (χ0) is 31.4. The fraction of sp³-hybridized carbons (Fsp3) is 0.371. The standard InChI is InChI=1S/C35H36Cl2N2O4Si/c1-21-6-8-23(36)15-25(21)32-35(27-10-9-24(37)16-29(27)38-33(35)41)28(17-31(40)39-32)26-14-22(12-13-44(3,4)5)7-11-30(26)43-20-34(2)18-42-19-34/h6-11,14-16,28,32H,17-20H2,1-5H3,(H,38,41)(H,39,40)/t28-,32+,35-/m1/s1. The number of halogens is 2. The molecular formula is C35H36Cl2N2O4Si. The van der Waals surface area contributed by atoms with Crippen LogP contribution in [0.15, 0.2) is 54.6 Å². The zero-order valence-corrected chi connectivity index (χ0v) is 28.1. The molecule has 3 aromatic rings. The molecule has 2 saturated heterocycles. The van der Waals surface area contributed by atoms with E-state index in [1.54, 1.807) is 12.1 Å². The second-order valence-corrected chi connectivity index (χ2v) is 19.2. The summed E-state index contributed by atoms with van der Waals surface area (Å²) in [5, 5.41) is 7.35. The van der Waals surface area contributed by atoms with E-state index in [1.807, 2.05) is 49.4 Å². The molecule has 1 spiro atoms. The van der Waals surface area contributed by atoms with Crippen molar-refractivity contribution in [2.45, 2.75) is 57.3 Å². The lowest BCUT2D eigenvalue weighted by Gasteiger charge is -2.47. The molecule has 6 nitrogen and oxygen atoms in total. The first-order chi connectivity index (χ1) is 20.8. The minimum absolute atomic E-state index is 0.0766. The van der Waals surface area contributed by atoms with Crippen molar-refractivity contribution in [2.75, 3.05) is 25.1 Å². The van der Waals surface area contributed by atoms with Gasteiger partial charge in [0.05, 0.1) is 25.9 Å². The summed E-state index contributed by atoms with van der Waals surface area (Å²) in [6.07, 6.45) is 0.0766. The van der Waals surface area contributed by atoms with Crippen molar-refractivity contribution < 1.29 is 19.1 Å². The lowest BCUT2D eigenvalue weighted by molar-refractivity contribution is -0.131. The molecule has 6 rings (SSSR count). The summed E-state index contributed by atoms with van der Waals surface area (Å²) in [5.41, 5.74) is 6.81. The monoisotopic (exact) mass is 646 g/mol. The molecule has 3 aliphatic rings. The van der Waals surface area contributed by atoms with Crippen molar-refractivity contribution in [1.82, 2.24) is 5.32 Å². The average Bonchev–Trinajstić information content (AvgIpc) is 3.22. The smallest absolute Gasteiger partial charge is 0.238 e. The molecule has 2 amide bonds. The third-order valence-corrected chi connectivity index (χ3v) is 10.1. The van der Waals surface area contributed by atoms with E-state index in [0.717, 1.165) is 27.8 Å². The lowest BCUT2D eigenvalue weighted by atomic mass is 9.58. The first-order valence-corrected chi connectivity index (χ1v) is 19.1. The van der Waals surface area contributed by atoms with Crippen molar-refractivity contribution in [3.63, 3.8) is 0 Å². The maximum Gasteiger partial charge on any atom is 0.238 e. The molecule has 3 heterocycles. The Balaban J connectivity index is 1.60. The Bertz CT molecular complexity index is 1740. The summed E-state index contributed by atoms with van der Waals surface area (Å²) >= 11 is 12.9. The van der Waals surface area contributed by atoms with Gasteiger partial charge in [0.15, 0.2) is 0 Å². The van der Waals surface area contributed by atoms with Crippen molar-refractivity contribution in [3.05, 3.63) is 92.5 Å². The zero-order valence-electron chi connectivity index (χ0n) is 25.6. The molecule has 0 bridgehead atoms. The second kappa shape index (κ2) is 11.3. The van der Waals surface area contributed by atoms with Crippen LogP contribution in [0.5, 0.6) is 5.75 Å². The van der Waals surface area contributed by atoms with E-state index in [-0.39, 0.29) is 23.7 Å². The summed E-state index contributed by atoms with van der Waals surface area (Å²) < 4.78 is 12.0. The highest BCUT2D eigenvalue weighted by Crippen LogP contribution is 2.59. The number of piperidine rings is 1. The molecule has 2 N–H and O–H groups in total. The first kappa shape index (κ1) is 30.7. The first-order valence-electron chi connectivity index (χ1n) is 14.8. The molecule has 0 unspecified atom stereocenters. The minimum Gasteiger partial charge on any atom is -0.493 e. The van der Waals surface area contributed by atoms with Crippen molar-refractivity contribution in [2.24, 2.45) is 5.41 Å². The molecule has 2 fully saturated rings. The van der Waals surface area contributed by atoms with Crippen LogP contribution in [0.25, 0.3) is 0 Å². The highest BCUT2D eigenvalue weighted by molar-refractivity contribution is 6.83. The highest BCUT2D eigenvalue weighted by Gasteiger charge is 2.62. The number of aryl methyl sites for hydroxylation is 1. The van der Waals surface area contributed by atoms with Crippen LogP contribution >= 0.6 is 23.2 Å². The van der Waals surface area contributed by atoms with Crippen LogP contribution in [0.3, 0.4) is 0 Å². The molecule has 3 atom stereocenters. The number of hydrogen-bond acceptors (Lipinski definition) is 4. The third-order valence-electron chi connectivity index (χ3n) is 8.75. The average molecular weight is 648 g/mol. The van der Waals surface area contributed by atoms with Crippen LogP contribution in [-0.2, 0) is 19.7 Å². The Kier molecular flexibility index (Phi) is 7.86. The summed E-state index contributed by atoms with van der Waals surface area (Å²) in [5.74, 6) is 3.04. The number of amides is 2. The Labute approximate surface area is 269 Å². The van der Waals surface area contributed by atoms with Crippen molar-refractivity contribution in [1.29, 1.82) is 0 Å². The number of rotatable bonds is 5. The van der Waals surface area contributed by atoms with Gasteiger partial charge in [0.2, 0.25) is 11.8 Å². The predicted octanol–water partition coefficient (Wildman–Crippen LogP) is 7.18. The van der Waals surface area contributed by atoms with Crippen LogP contribution in [0.4, 0.5) is 5.69 Å². The van der Waals surface area contributed by atoms with Gasteiger partial charge in [0.1, 0.15) is 19.2 Å². The molecule has 3 aliphatic heterocycles. The topological polar surface area (TPSA) is 76.7 Å². The van der Waals surface area contributed by atoms with Crippen molar-refractivity contribution in [3.8, 4) is 17.2 Å². The largest absolute Gasteiger partial charge is 0.493 e. The van der Waals surface area contributed by atoms with Crippen LogP contribution < -0.4 is 15.4 Å². The molecule has 0 aromatic heterocycles. The third kappa shape index (κ3) is 5.54. The molecule has 0 saturated carbocycles. The van der Waals surface area contributed by atoms with Gasteiger partial charge in [0.25, 0.3) is 0 Å². The van der Waals surface area contributed by atoms with Gasteiger partial charge in [-0.25, -0.2) is 0 Å². The van der Waals surface area contributed by atoms with Gasteiger partial charge in [-0.05, 0) is 66.1 Å². The fourth-order valence-electron chi connectivity index (χ4n) is 6.52. The number of carbonyl (C=O) groups excluding carboxylic acids is 2. The van der Waals surface area contributed by atoms with Gasteiger partial charge in [-0.1, -0.05) is 67.8 Å². The quantitative estimate of drug-likeness (QED) is 0.227. The molecule has 3 aromatic carbocycles. The highest BCUT2D eigenvalue weighted by atomic mass is 35.5. The summed E-state index contributed by atoms with van der Waals surface area (Å²) in [7, 11) is -1.68. The molecule has 44 heavy (non-hydrogen) atoms. The number of ether oxygens (including phenoxy) is 2. The number of nitrogens with one attached hydrogen (secondary N) is 2. The van der Waals surface area contributed by atoms with Crippen molar-refractivity contribution >= 4 is 48.8 Å². The second-order valence-electron chi connectivity index (χ2n) is 13.6. The maximum atomic E-state index is 14.6. The normalized spacial score (nSPS) is 23.6. The van der Waals surface area contributed by atoms with Gasteiger partial charge in [-0.15, -0.1) is 5.54 Å². The van der Waals surface area contributed by atoms with Crippen LogP contribution in [0.2, 0.25) is 29.7 Å². The van der Waals surface area contributed by atoms with Gasteiger partial charge in [0, 0.05) is 44.6 Å². The van der Waals surface area contributed by atoms with Gasteiger partial charge >= 0.3 is 0 Å². The Morgan fingerprint density at radius 2 is 1.73 bits per heavy atom. The maximum absolute atomic E-state index is 14.6. The van der Waals surface area contributed by atoms with E-state index in [9.17, 15) is 9.59 Å². The van der Waals surface area contributed by atoms with Gasteiger partial charge in [-0.2, -0.15) is 0 Å². The summed E-state index contributed by atoms with van der Waals surface area (Å²) in [4.78, 5) is 28.3. The van der Waals surface area contributed by atoms with E-state index >= 15 is 0 Å². The van der Waals surface area contributed by atoms with Gasteiger partial charge in [-0.3, -0.25) is 9.59 Å². The predicted molar refractivity (Wildman–Crippen MR) is 177 cm³/mol. The van der Waals surface area contributed by atoms with E-state index in [4.69, 9.17) is 32.7 Å². The number of anilines is 1. The number of hydrogen-bond donors (Lipinski definition) is 2. The Morgan fingerprint density at radius 1 is 1.00 bits per heavy atom. The fourth-order valence-corrected chi connectivity index (χ4v) is 7.39. The molecule has 228 valence electrons. The Morgan fingerprint density at radius 3 is 2.43 bits per heavy atom. The van der Waals surface area contributed by atoms with Gasteiger partial charge < -0.3 is 20.1 Å². The summed E-state index contributed by atoms with van der Waals surface area (Å²) in [6.45, 7) is 12.4. The number of fused-ring (bicyclic) bond motifs is 2. The number of benzene rings is 3. The van der Waals surface area contributed by atoms with E-state index in [2.05, 4.69) is 48.7 Å².